The number of aryl methyl sites for hydroxylation is 1. The number of carbonyl (C=O) groups is 1. The predicted molar refractivity (Wildman–Crippen MR) is 109 cm³/mol. The minimum atomic E-state index is -0.371. The molecule has 156 valence electrons. The van der Waals surface area contributed by atoms with E-state index in [0.29, 0.717) is 5.92 Å². The highest BCUT2D eigenvalue weighted by atomic mass is 16.5. The van der Waals surface area contributed by atoms with Crippen LogP contribution in [0.4, 0.5) is 0 Å². The number of carbonyl (C=O) groups excluding carboxylic acids is 1. The monoisotopic (exact) mass is 390 g/mol. The van der Waals surface area contributed by atoms with Crippen LogP contribution in [0.2, 0.25) is 0 Å². The summed E-state index contributed by atoms with van der Waals surface area (Å²) in [7, 11) is 3.35. The molecule has 28 heavy (non-hydrogen) atoms. The topological polar surface area (TPSA) is 74.0 Å². The van der Waals surface area contributed by atoms with Crippen LogP contribution in [-0.2, 0) is 16.0 Å². The Labute approximate surface area is 168 Å². The first kappa shape index (κ1) is 20.9. The van der Waals surface area contributed by atoms with Gasteiger partial charge in [-0.1, -0.05) is 0 Å². The second-order valence-electron chi connectivity index (χ2n) is 8.00. The number of nitrogens with zero attached hydrogens (tertiary/aromatic N) is 1. The molecule has 1 aromatic rings. The number of methoxy groups -OCH3 is 2. The van der Waals surface area contributed by atoms with Crippen LogP contribution in [-0.4, -0.2) is 57.4 Å². The molecular formula is C22H34N2O4. The zero-order valence-electron chi connectivity index (χ0n) is 17.2. The van der Waals surface area contributed by atoms with Gasteiger partial charge in [0.25, 0.3) is 0 Å². The summed E-state index contributed by atoms with van der Waals surface area (Å²) in [6.07, 6.45) is 6.00. The van der Waals surface area contributed by atoms with Gasteiger partial charge in [-0.25, -0.2) is 0 Å². The maximum atomic E-state index is 12.8. The van der Waals surface area contributed by atoms with Crippen LogP contribution in [0.5, 0.6) is 11.5 Å². The Bertz CT molecular complexity index is 615. The third-order valence-corrected chi connectivity index (χ3v) is 6.24. The lowest BCUT2D eigenvalue weighted by Gasteiger charge is -2.36. The van der Waals surface area contributed by atoms with Crippen molar-refractivity contribution in [3.63, 3.8) is 0 Å². The lowest BCUT2D eigenvalue weighted by Crippen LogP contribution is -2.51. The van der Waals surface area contributed by atoms with Crippen molar-refractivity contribution in [3.8, 4) is 11.5 Å². The van der Waals surface area contributed by atoms with Gasteiger partial charge in [0.1, 0.15) is 11.5 Å². The zero-order chi connectivity index (χ0) is 19.9. The van der Waals surface area contributed by atoms with Crippen molar-refractivity contribution in [2.75, 3.05) is 40.5 Å². The van der Waals surface area contributed by atoms with Gasteiger partial charge < -0.3 is 24.8 Å². The van der Waals surface area contributed by atoms with Gasteiger partial charge in [-0.15, -0.1) is 0 Å². The zero-order valence-corrected chi connectivity index (χ0v) is 17.2. The molecule has 6 heteroatoms. The maximum Gasteiger partial charge on any atom is 0.239 e. The number of rotatable bonds is 7. The van der Waals surface area contributed by atoms with Crippen LogP contribution in [0.3, 0.4) is 0 Å². The van der Waals surface area contributed by atoms with E-state index in [1.54, 1.807) is 14.2 Å². The SMILES string of the molecule is COc1cc(CCC2CCN(C(=O)C(N)C3CCOCC3)CC2)cc(OC)c1. The van der Waals surface area contributed by atoms with Crippen LogP contribution in [0, 0.1) is 11.8 Å². The van der Waals surface area contributed by atoms with Crippen LogP contribution in [0.25, 0.3) is 0 Å². The van der Waals surface area contributed by atoms with E-state index in [-0.39, 0.29) is 17.9 Å². The molecular weight excluding hydrogens is 356 g/mol. The molecule has 1 aromatic carbocycles. The van der Waals surface area contributed by atoms with E-state index in [4.69, 9.17) is 19.9 Å². The third kappa shape index (κ3) is 5.39. The quantitative estimate of drug-likeness (QED) is 0.775. The number of benzene rings is 1. The Morgan fingerprint density at radius 2 is 1.71 bits per heavy atom. The van der Waals surface area contributed by atoms with Crippen molar-refractivity contribution in [3.05, 3.63) is 23.8 Å². The molecule has 0 spiro atoms. The van der Waals surface area contributed by atoms with Crippen molar-refractivity contribution < 1.29 is 19.0 Å². The number of piperidine rings is 1. The highest BCUT2D eigenvalue weighted by molar-refractivity contribution is 5.82. The van der Waals surface area contributed by atoms with Crippen molar-refractivity contribution in [1.29, 1.82) is 0 Å². The van der Waals surface area contributed by atoms with Crippen molar-refractivity contribution in [2.45, 2.75) is 44.6 Å². The third-order valence-electron chi connectivity index (χ3n) is 6.24. The molecule has 2 fully saturated rings. The van der Waals surface area contributed by atoms with Gasteiger partial charge in [0.05, 0.1) is 20.3 Å². The molecule has 1 unspecified atom stereocenters. The first-order chi connectivity index (χ1) is 13.6. The molecule has 0 radical (unpaired) electrons. The molecule has 1 amide bonds. The molecule has 0 saturated carbocycles. The molecule has 0 aromatic heterocycles. The second-order valence-corrected chi connectivity index (χ2v) is 8.00. The molecule has 0 bridgehead atoms. The average Bonchev–Trinajstić information content (AvgIpc) is 2.77. The molecule has 2 N–H and O–H groups in total. The number of amides is 1. The summed E-state index contributed by atoms with van der Waals surface area (Å²) in [4.78, 5) is 14.7. The minimum absolute atomic E-state index is 0.128. The molecule has 0 aliphatic carbocycles. The van der Waals surface area contributed by atoms with Gasteiger partial charge in [0.2, 0.25) is 5.91 Å². The van der Waals surface area contributed by atoms with Crippen molar-refractivity contribution >= 4 is 5.91 Å². The molecule has 6 nitrogen and oxygen atoms in total. The highest BCUT2D eigenvalue weighted by Gasteiger charge is 2.31. The summed E-state index contributed by atoms with van der Waals surface area (Å²) in [6.45, 7) is 3.09. The lowest BCUT2D eigenvalue weighted by atomic mass is 9.88. The van der Waals surface area contributed by atoms with Gasteiger partial charge in [-0.3, -0.25) is 4.79 Å². The van der Waals surface area contributed by atoms with E-state index in [1.807, 2.05) is 11.0 Å². The van der Waals surface area contributed by atoms with Gasteiger partial charge >= 0.3 is 0 Å². The van der Waals surface area contributed by atoms with E-state index >= 15 is 0 Å². The Kier molecular flexibility index (Phi) is 7.57. The van der Waals surface area contributed by atoms with Crippen LogP contribution >= 0.6 is 0 Å². The van der Waals surface area contributed by atoms with E-state index in [0.717, 1.165) is 76.3 Å². The number of hydrogen-bond acceptors (Lipinski definition) is 5. The van der Waals surface area contributed by atoms with Gasteiger partial charge in [-0.2, -0.15) is 0 Å². The molecule has 1 atom stereocenters. The maximum absolute atomic E-state index is 12.8. The largest absolute Gasteiger partial charge is 0.497 e. The first-order valence-electron chi connectivity index (χ1n) is 10.4. The number of nitrogens with two attached hydrogens (primary N) is 1. The lowest BCUT2D eigenvalue weighted by molar-refractivity contribution is -0.136. The fourth-order valence-electron chi connectivity index (χ4n) is 4.31. The Balaban J connectivity index is 1.45. The van der Waals surface area contributed by atoms with Crippen LogP contribution < -0.4 is 15.2 Å². The summed E-state index contributed by atoms with van der Waals surface area (Å²) in [6, 6.07) is 5.68. The van der Waals surface area contributed by atoms with Crippen LogP contribution in [0.15, 0.2) is 18.2 Å². The van der Waals surface area contributed by atoms with E-state index in [1.165, 1.54) is 5.56 Å². The highest BCUT2D eigenvalue weighted by Crippen LogP contribution is 2.28. The molecule has 2 aliphatic rings. The number of ether oxygens (including phenoxy) is 3. The van der Waals surface area contributed by atoms with Gasteiger partial charge in [0.15, 0.2) is 0 Å². The van der Waals surface area contributed by atoms with Crippen LogP contribution in [0.1, 0.15) is 37.7 Å². The summed E-state index contributed by atoms with van der Waals surface area (Å²) in [5.74, 6) is 2.69. The Morgan fingerprint density at radius 1 is 1.11 bits per heavy atom. The van der Waals surface area contributed by atoms with Crippen molar-refractivity contribution in [2.24, 2.45) is 17.6 Å². The number of likely N-dealkylation sites (tertiary alicyclic amines) is 1. The first-order valence-corrected chi connectivity index (χ1v) is 10.4. The predicted octanol–water partition coefficient (Wildman–Crippen LogP) is 2.63. The summed E-state index contributed by atoms with van der Waals surface area (Å²) >= 11 is 0. The number of hydrogen-bond donors (Lipinski definition) is 1. The van der Waals surface area contributed by atoms with Gasteiger partial charge in [0, 0.05) is 32.4 Å². The molecule has 2 saturated heterocycles. The smallest absolute Gasteiger partial charge is 0.239 e. The van der Waals surface area contributed by atoms with E-state index in [9.17, 15) is 4.79 Å². The fraction of sp³-hybridized carbons (Fsp3) is 0.682. The minimum Gasteiger partial charge on any atom is -0.497 e. The van der Waals surface area contributed by atoms with E-state index in [2.05, 4.69) is 12.1 Å². The average molecular weight is 391 g/mol. The Hall–Kier alpha value is -1.79. The van der Waals surface area contributed by atoms with Crippen molar-refractivity contribution in [1.82, 2.24) is 4.90 Å². The summed E-state index contributed by atoms with van der Waals surface area (Å²) in [5.41, 5.74) is 7.51. The summed E-state index contributed by atoms with van der Waals surface area (Å²) in [5, 5.41) is 0. The summed E-state index contributed by atoms with van der Waals surface area (Å²) < 4.78 is 16.1. The van der Waals surface area contributed by atoms with Gasteiger partial charge in [-0.05, 0) is 68.1 Å². The fourth-order valence-corrected chi connectivity index (χ4v) is 4.31. The molecule has 3 rings (SSSR count). The normalized spacial score (nSPS) is 20.0. The molecule has 2 heterocycles. The second kappa shape index (κ2) is 10.1. The standard InChI is InChI=1S/C22H34N2O4/c1-26-19-13-17(14-20(15-19)27-2)4-3-16-5-9-24(10-6-16)22(25)21(23)18-7-11-28-12-8-18/h13-16,18,21H,3-12,23H2,1-2H3. The Morgan fingerprint density at radius 3 is 2.29 bits per heavy atom. The van der Waals surface area contributed by atoms with E-state index < -0.39 is 0 Å². The molecule has 2 aliphatic heterocycles.